The Hall–Kier alpha value is -3.02. The van der Waals surface area contributed by atoms with Crippen LogP contribution in [-0.4, -0.2) is 77.8 Å². The van der Waals surface area contributed by atoms with Crippen molar-refractivity contribution in [3.8, 4) is 0 Å². The number of furan rings is 1. The van der Waals surface area contributed by atoms with E-state index in [1.165, 1.54) is 5.56 Å². The molecule has 1 aromatic heterocycles. The van der Waals surface area contributed by atoms with Crippen molar-refractivity contribution in [2.45, 2.75) is 70.6 Å². The molecule has 4 heterocycles. The Morgan fingerprint density at radius 1 is 1.09 bits per heavy atom. The standard InChI is InChI=1S/C34H43BN2O7/c1-22(16-26-9-10-27(20-38)43-26)8-11-30-31-24(21-42-2)17-28-32(29(31)18-35(41)44-30)34(40)37(33(28)39)25-12-14-36(15-13-25)19-23-6-4-3-5-7-23/h3-7,9-10,16,25,28-30,32,38,41H,8,11-15,17-21H2,1-2H3/b22-16+/t28-,29+,30-,32-/m1/s1. The van der Waals surface area contributed by atoms with Crippen molar-refractivity contribution in [3.63, 3.8) is 0 Å². The van der Waals surface area contributed by atoms with Gasteiger partial charge in [-0.05, 0) is 86.2 Å². The van der Waals surface area contributed by atoms with E-state index in [9.17, 15) is 19.7 Å². The lowest BCUT2D eigenvalue weighted by Crippen LogP contribution is -2.48. The van der Waals surface area contributed by atoms with Gasteiger partial charge < -0.3 is 23.9 Å². The number of piperidine rings is 1. The molecule has 1 aliphatic carbocycles. The number of hydrogen-bond donors (Lipinski definition) is 2. The second-order valence-electron chi connectivity index (χ2n) is 12.8. The summed E-state index contributed by atoms with van der Waals surface area (Å²) in [6.45, 7) is 4.79. The van der Waals surface area contributed by atoms with Crippen LogP contribution in [0.4, 0.5) is 0 Å². The molecule has 4 aliphatic rings. The fraction of sp³-hybridized carbons (Fsp3) is 0.529. The zero-order valence-electron chi connectivity index (χ0n) is 25.7. The van der Waals surface area contributed by atoms with Crippen molar-refractivity contribution in [3.05, 3.63) is 76.3 Å². The molecule has 44 heavy (non-hydrogen) atoms. The summed E-state index contributed by atoms with van der Waals surface area (Å²) < 4.78 is 17.3. The third kappa shape index (κ3) is 6.37. The average Bonchev–Trinajstić information content (AvgIpc) is 3.58. The van der Waals surface area contributed by atoms with Crippen LogP contribution >= 0.6 is 0 Å². The van der Waals surface area contributed by atoms with Crippen molar-refractivity contribution in [1.29, 1.82) is 0 Å². The van der Waals surface area contributed by atoms with Crippen molar-refractivity contribution < 1.29 is 33.5 Å². The molecule has 0 unspecified atom stereocenters. The summed E-state index contributed by atoms with van der Waals surface area (Å²) in [4.78, 5) is 32.0. The molecule has 234 valence electrons. The molecule has 3 aliphatic heterocycles. The maximum absolute atomic E-state index is 14.1. The maximum atomic E-state index is 14.1. The Balaban J connectivity index is 1.17. The van der Waals surface area contributed by atoms with Gasteiger partial charge in [-0.2, -0.15) is 0 Å². The molecule has 10 heteroatoms. The summed E-state index contributed by atoms with van der Waals surface area (Å²) in [5.41, 5.74) is 4.40. The molecular weight excluding hydrogens is 559 g/mol. The van der Waals surface area contributed by atoms with Gasteiger partial charge >= 0.3 is 7.12 Å². The zero-order valence-corrected chi connectivity index (χ0v) is 25.7. The first-order valence-electron chi connectivity index (χ1n) is 15.9. The van der Waals surface area contributed by atoms with E-state index in [4.69, 9.17) is 13.8 Å². The molecule has 9 nitrogen and oxygen atoms in total. The van der Waals surface area contributed by atoms with Crippen LogP contribution < -0.4 is 0 Å². The zero-order chi connectivity index (χ0) is 30.8. The quantitative estimate of drug-likeness (QED) is 0.238. The number of rotatable bonds is 10. The first-order chi connectivity index (χ1) is 21.4. The normalized spacial score (nSPS) is 26.9. The van der Waals surface area contributed by atoms with Crippen molar-refractivity contribution in [1.82, 2.24) is 9.80 Å². The predicted molar refractivity (Wildman–Crippen MR) is 166 cm³/mol. The van der Waals surface area contributed by atoms with Gasteiger partial charge in [0.25, 0.3) is 0 Å². The van der Waals surface area contributed by atoms with E-state index in [0.717, 1.165) is 49.2 Å². The first-order valence-corrected chi connectivity index (χ1v) is 15.9. The number of amides is 2. The van der Waals surface area contributed by atoms with Crippen LogP contribution in [0.15, 0.2) is 63.6 Å². The van der Waals surface area contributed by atoms with Crippen LogP contribution in [-0.2, 0) is 32.1 Å². The minimum atomic E-state index is -1.00. The van der Waals surface area contributed by atoms with Gasteiger partial charge in [-0.15, -0.1) is 0 Å². The molecule has 4 atom stereocenters. The molecule has 3 fully saturated rings. The molecule has 0 spiro atoms. The van der Waals surface area contributed by atoms with E-state index >= 15 is 0 Å². The second kappa shape index (κ2) is 13.5. The lowest BCUT2D eigenvalue weighted by Gasteiger charge is -2.43. The molecule has 0 radical (unpaired) electrons. The van der Waals surface area contributed by atoms with Crippen LogP contribution in [0.25, 0.3) is 6.08 Å². The van der Waals surface area contributed by atoms with Gasteiger partial charge in [0.05, 0.1) is 24.5 Å². The Bertz CT molecular complexity index is 1400. The van der Waals surface area contributed by atoms with Crippen LogP contribution in [0, 0.1) is 17.8 Å². The summed E-state index contributed by atoms with van der Waals surface area (Å²) in [6, 6.07) is 13.9. The number of methoxy groups -OCH3 is 1. The number of carbonyl (C=O) groups excluding carboxylic acids is 2. The summed E-state index contributed by atoms with van der Waals surface area (Å²) >= 11 is 0. The lowest BCUT2D eigenvalue weighted by molar-refractivity contribution is -0.144. The highest BCUT2D eigenvalue weighted by molar-refractivity contribution is 6.43. The van der Waals surface area contributed by atoms with Gasteiger partial charge in [0.15, 0.2) is 0 Å². The Kier molecular flexibility index (Phi) is 9.54. The number of hydrogen-bond acceptors (Lipinski definition) is 8. The van der Waals surface area contributed by atoms with Gasteiger partial charge in [0.2, 0.25) is 11.8 Å². The van der Waals surface area contributed by atoms with E-state index < -0.39 is 19.0 Å². The monoisotopic (exact) mass is 602 g/mol. The van der Waals surface area contributed by atoms with Crippen molar-refractivity contribution >= 4 is 25.0 Å². The molecule has 0 saturated carbocycles. The number of carbonyl (C=O) groups is 2. The van der Waals surface area contributed by atoms with Gasteiger partial charge in [-0.25, -0.2) is 0 Å². The van der Waals surface area contributed by atoms with Crippen LogP contribution in [0.2, 0.25) is 6.32 Å². The molecule has 2 aromatic rings. The summed E-state index contributed by atoms with van der Waals surface area (Å²) in [6.07, 6.45) is 5.21. The van der Waals surface area contributed by atoms with Gasteiger partial charge in [-0.1, -0.05) is 35.9 Å². The minimum Gasteiger partial charge on any atom is -0.459 e. The molecule has 2 N–H and O–H groups in total. The maximum Gasteiger partial charge on any atom is 0.455 e. The first kappa shape index (κ1) is 31.0. The number of allylic oxidation sites excluding steroid dienone is 1. The van der Waals surface area contributed by atoms with E-state index in [1.54, 1.807) is 18.1 Å². The Morgan fingerprint density at radius 3 is 2.57 bits per heavy atom. The van der Waals surface area contributed by atoms with E-state index in [1.807, 2.05) is 25.1 Å². The summed E-state index contributed by atoms with van der Waals surface area (Å²) in [7, 11) is 0.645. The number of aliphatic hydroxyl groups excluding tert-OH is 1. The van der Waals surface area contributed by atoms with Crippen LogP contribution in [0.1, 0.15) is 56.1 Å². The number of ether oxygens (including phenoxy) is 1. The van der Waals surface area contributed by atoms with E-state index in [-0.39, 0.29) is 36.5 Å². The Labute approximate surface area is 259 Å². The molecule has 2 amide bonds. The number of fused-ring (bicyclic) bond motifs is 3. The molecule has 1 aromatic carbocycles. The smallest absolute Gasteiger partial charge is 0.455 e. The SMILES string of the molecule is COCC1=C2[C@@H](CC/C(C)=C/c3ccc(CO)o3)OB(O)C[C@@H]2[C@@H]2C(=O)N(C3CCN(Cc4ccccc4)CC3)C(=O)[C@@H]2C1. The highest BCUT2D eigenvalue weighted by atomic mass is 16.5. The number of aliphatic hydroxyl groups is 1. The van der Waals surface area contributed by atoms with E-state index in [2.05, 4.69) is 29.2 Å². The number of likely N-dealkylation sites (tertiary alicyclic amines) is 2. The fourth-order valence-electron chi connectivity index (χ4n) is 7.86. The van der Waals surface area contributed by atoms with Gasteiger partial charge in [0.1, 0.15) is 18.1 Å². The minimum absolute atomic E-state index is 0.0637. The van der Waals surface area contributed by atoms with Crippen molar-refractivity contribution in [2.24, 2.45) is 17.8 Å². The molecular formula is C34H43BN2O7. The Morgan fingerprint density at radius 2 is 1.86 bits per heavy atom. The third-order valence-corrected chi connectivity index (χ3v) is 9.86. The summed E-state index contributed by atoms with van der Waals surface area (Å²) in [5.74, 6) is -0.106. The fourth-order valence-corrected chi connectivity index (χ4v) is 7.86. The molecule has 0 bridgehead atoms. The number of imide groups is 1. The predicted octanol–water partition coefficient (Wildman–Crippen LogP) is 4.06. The molecule has 6 rings (SSSR count). The summed E-state index contributed by atoms with van der Waals surface area (Å²) in [5, 5.41) is 20.1. The average molecular weight is 603 g/mol. The third-order valence-electron chi connectivity index (χ3n) is 9.86. The largest absolute Gasteiger partial charge is 0.459 e. The van der Waals surface area contributed by atoms with E-state index in [0.29, 0.717) is 43.7 Å². The lowest BCUT2D eigenvalue weighted by atomic mass is 9.58. The van der Waals surface area contributed by atoms with Crippen LogP contribution in [0.5, 0.6) is 0 Å². The van der Waals surface area contributed by atoms with Gasteiger partial charge in [0, 0.05) is 32.8 Å². The van der Waals surface area contributed by atoms with Gasteiger partial charge in [-0.3, -0.25) is 19.4 Å². The topological polar surface area (TPSA) is 113 Å². The number of nitrogens with zero attached hydrogens (tertiary/aromatic N) is 2. The molecule has 3 saturated heterocycles. The highest BCUT2D eigenvalue weighted by Crippen LogP contribution is 2.51. The second-order valence-corrected chi connectivity index (χ2v) is 12.8. The van der Waals surface area contributed by atoms with Crippen LogP contribution in [0.3, 0.4) is 0 Å². The number of benzene rings is 1. The van der Waals surface area contributed by atoms with Crippen molar-refractivity contribution in [2.75, 3.05) is 26.8 Å². The highest BCUT2D eigenvalue weighted by Gasteiger charge is 2.58.